The van der Waals surface area contributed by atoms with Crippen LogP contribution in [-0.4, -0.2) is 25.0 Å². The van der Waals surface area contributed by atoms with Gasteiger partial charge in [0.25, 0.3) is 0 Å². The minimum Gasteiger partial charge on any atom is -0.478 e. The number of ketones is 1. The number of benzene rings is 3. The van der Waals surface area contributed by atoms with Crippen LogP contribution in [0.2, 0.25) is 0 Å². The highest BCUT2D eigenvalue weighted by atomic mass is 79.9. The van der Waals surface area contributed by atoms with Gasteiger partial charge < -0.3 is 14.2 Å². The van der Waals surface area contributed by atoms with E-state index in [1.165, 1.54) is 7.11 Å². The highest BCUT2D eigenvalue weighted by Gasteiger charge is 2.27. The van der Waals surface area contributed by atoms with Crippen molar-refractivity contribution in [3.05, 3.63) is 85.8 Å². The average Bonchev–Trinajstić information content (AvgIpc) is 2.79. The molecule has 35 heavy (non-hydrogen) atoms. The van der Waals surface area contributed by atoms with E-state index in [0.717, 1.165) is 16.7 Å². The van der Waals surface area contributed by atoms with Gasteiger partial charge in [-0.25, -0.2) is 0 Å². The van der Waals surface area contributed by atoms with Crippen LogP contribution in [0, 0.1) is 19.8 Å². The maximum absolute atomic E-state index is 13.4. The lowest BCUT2D eigenvalue weighted by atomic mass is 9.95. The molecule has 0 aliphatic heterocycles. The minimum absolute atomic E-state index is 0.0625. The molecule has 0 radical (unpaired) electrons. The van der Waals surface area contributed by atoms with E-state index >= 15 is 0 Å². The second kappa shape index (κ2) is 11.9. The molecule has 0 aliphatic carbocycles. The third kappa shape index (κ3) is 6.95. The summed E-state index contributed by atoms with van der Waals surface area (Å²) in [5.41, 5.74) is 3.47. The smallest absolute Gasteiger partial charge is 0.309 e. The number of aryl methyl sites for hydroxylation is 2. The molecule has 3 aromatic carbocycles. The fourth-order valence-corrected chi connectivity index (χ4v) is 5.15. The molecule has 0 heterocycles. The lowest BCUT2D eigenvalue weighted by molar-refractivity contribution is -0.139. The quantitative estimate of drug-likeness (QED) is 0.186. The zero-order valence-corrected chi connectivity index (χ0v) is 23.5. The van der Waals surface area contributed by atoms with Gasteiger partial charge >= 0.3 is 5.97 Å². The number of rotatable bonds is 9. The van der Waals surface area contributed by atoms with Crippen molar-refractivity contribution in [2.75, 3.05) is 7.11 Å². The summed E-state index contributed by atoms with van der Waals surface area (Å²) in [6, 6.07) is 16.7. The van der Waals surface area contributed by atoms with Gasteiger partial charge in [-0.05, 0) is 93.6 Å². The zero-order chi connectivity index (χ0) is 25.7. The fraction of sp³-hybridized carbons (Fsp3) is 0.286. The molecule has 0 N–H and O–H groups in total. The molecule has 0 aliphatic rings. The summed E-state index contributed by atoms with van der Waals surface area (Å²) in [6.07, 6.45) is -0.542. The fourth-order valence-electron chi connectivity index (χ4n) is 3.70. The number of esters is 1. The van der Waals surface area contributed by atoms with E-state index in [0.29, 0.717) is 31.8 Å². The third-order valence-electron chi connectivity index (χ3n) is 5.32. The van der Waals surface area contributed by atoms with Crippen LogP contribution < -0.4 is 9.47 Å². The Bertz CT molecular complexity index is 1190. The van der Waals surface area contributed by atoms with Crippen LogP contribution in [0.1, 0.15) is 40.9 Å². The maximum atomic E-state index is 13.4. The standard InChI is InChI=1S/C28H28Br2O5/c1-16(2)27(26(32)20-11-17(3)10-18(4)12-20)34-23-8-6-7-9-24(23)35-28-21(29)13-19(14-22(28)30)15-25(31)33-5/h6-14,16,27H,15H2,1-5H3. The monoisotopic (exact) mass is 602 g/mol. The molecule has 0 saturated heterocycles. The Hall–Kier alpha value is -2.64. The molecular formula is C28H28Br2O5. The third-order valence-corrected chi connectivity index (χ3v) is 6.50. The van der Waals surface area contributed by atoms with Crippen molar-refractivity contribution in [2.45, 2.75) is 40.2 Å². The number of ether oxygens (including phenoxy) is 3. The molecule has 0 fully saturated rings. The van der Waals surface area contributed by atoms with E-state index in [9.17, 15) is 9.59 Å². The molecule has 1 atom stereocenters. The van der Waals surface area contributed by atoms with Crippen LogP contribution in [0.5, 0.6) is 17.2 Å². The summed E-state index contributed by atoms with van der Waals surface area (Å²) < 4.78 is 18.6. The molecule has 5 nitrogen and oxygen atoms in total. The Kier molecular flexibility index (Phi) is 9.14. The SMILES string of the molecule is COC(=O)Cc1cc(Br)c(Oc2ccccc2OC(C(=O)c2cc(C)cc(C)c2)C(C)C)c(Br)c1. The zero-order valence-electron chi connectivity index (χ0n) is 20.4. The molecule has 0 bridgehead atoms. The molecule has 1 unspecified atom stereocenters. The summed E-state index contributed by atoms with van der Waals surface area (Å²) in [6.45, 7) is 7.87. The summed E-state index contributed by atoms with van der Waals surface area (Å²) in [4.78, 5) is 25.1. The molecule has 0 amide bonds. The first-order chi connectivity index (χ1) is 16.6. The summed E-state index contributed by atoms with van der Waals surface area (Å²) in [5.74, 6) is 0.985. The van der Waals surface area contributed by atoms with E-state index in [-0.39, 0.29) is 24.1 Å². The van der Waals surface area contributed by atoms with E-state index in [1.54, 1.807) is 24.3 Å². The van der Waals surface area contributed by atoms with Crippen molar-refractivity contribution >= 4 is 43.6 Å². The van der Waals surface area contributed by atoms with Gasteiger partial charge in [0.05, 0.1) is 22.5 Å². The van der Waals surface area contributed by atoms with Crippen LogP contribution in [0.3, 0.4) is 0 Å². The van der Waals surface area contributed by atoms with Gasteiger partial charge in [-0.1, -0.05) is 43.2 Å². The molecule has 0 aromatic heterocycles. The Morgan fingerprint density at radius 3 is 2.00 bits per heavy atom. The topological polar surface area (TPSA) is 61.8 Å². The van der Waals surface area contributed by atoms with Crippen molar-refractivity contribution in [2.24, 2.45) is 5.92 Å². The second-order valence-corrected chi connectivity index (χ2v) is 10.4. The Morgan fingerprint density at radius 2 is 1.46 bits per heavy atom. The van der Waals surface area contributed by atoms with E-state index in [1.807, 2.05) is 58.0 Å². The Labute approximate surface area is 223 Å². The number of hydrogen-bond acceptors (Lipinski definition) is 5. The predicted molar refractivity (Wildman–Crippen MR) is 144 cm³/mol. The normalized spacial score (nSPS) is 11.8. The molecule has 7 heteroatoms. The highest BCUT2D eigenvalue weighted by molar-refractivity contribution is 9.11. The lowest BCUT2D eigenvalue weighted by Crippen LogP contribution is -2.33. The van der Waals surface area contributed by atoms with Crippen LogP contribution in [0.4, 0.5) is 0 Å². The van der Waals surface area contributed by atoms with Gasteiger partial charge in [-0.2, -0.15) is 0 Å². The van der Waals surface area contributed by atoms with E-state index in [2.05, 4.69) is 31.9 Å². The van der Waals surface area contributed by atoms with Gasteiger partial charge in [-0.15, -0.1) is 0 Å². The first kappa shape index (κ1) is 27.0. The minimum atomic E-state index is -0.685. The average molecular weight is 604 g/mol. The number of halogens is 2. The Morgan fingerprint density at radius 1 is 0.886 bits per heavy atom. The van der Waals surface area contributed by atoms with Crippen molar-refractivity contribution in [3.63, 3.8) is 0 Å². The number of Topliss-reactive ketones (excluding diaryl/α,β-unsaturated/α-hetero) is 1. The summed E-state index contributed by atoms with van der Waals surface area (Å²) >= 11 is 7.06. The van der Waals surface area contributed by atoms with Crippen molar-refractivity contribution in [3.8, 4) is 17.2 Å². The van der Waals surface area contributed by atoms with Crippen LogP contribution in [0.15, 0.2) is 63.5 Å². The molecule has 3 aromatic rings. The van der Waals surface area contributed by atoms with Gasteiger partial charge in [-0.3, -0.25) is 9.59 Å². The highest BCUT2D eigenvalue weighted by Crippen LogP contribution is 2.41. The van der Waals surface area contributed by atoms with Gasteiger partial charge in [0.1, 0.15) is 0 Å². The summed E-state index contributed by atoms with van der Waals surface area (Å²) in [5, 5.41) is 0. The predicted octanol–water partition coefficient (Wildman–Crippen LogP) is 7.62. The number of hydrogen-bond donors (Lipinski definition) is 0. The summed E-state index contributed by atoms with van der Waals surface area (Å²) in [7, 11) is 1.36. The Balaban J connectivity index is 1.90. The van der Waals surface area contributed by atoms with Gasteiger partial charge in [0, 0.05) is 5.56 Å². The first-order valence-electron chi connectivity index (χ1n) is 11.2. The number of carbonyl (C=O) groups is 2. The molecule has 0 saturated carbocycles. The maximum Gasteiger partial charge on any atom is 0.309 e. The van der Waals surface area contributed by atoms with Crippen LogP contribution >= 0.6 is 31.9 Å². The number of methoxy groups -OCH3 is 1. The van der Waals surface area contributed by atoms with Crippen molar-refractivity contribution in [1.82, 2.24) is 0 Å². The molecular weight excluding hydrogens is 576 g/mol. The second-order valence-electron chi connectivity index (χ2n) is 8.71. The largest absolute Gasteiger partial charge is 0.478 e. The first-order valence-corrected chi connectivity index (χ1v) is 12.8. The van der Waals surface area contributed by atoms with Crippen molar-refractivity contribution in [1.29, 1.82) is 0 Å². The van der Waals surface area contributed by atoms with E-state index in [4.69, 9.17) is 14.2 Å². The molecule has 184 valence electrons. The lowest BCUT2D eigenvalue weighted by Gasteiger charge is -2.23. The van der Waals surface area contributed by atoms with Crippen molar-refractivity contribution < 1.29 is 23.8 Å². The van der Waals surface area contributed by atoms with Gasteiger partial charge in [0.15, 0.2) is 23.4 Å². The molecule has 0 spiro atoms. The molecule has 3 rings (SSSR count). The number of carbonyl (C=O) groups excluding carboxylic acids is 2. The number of para-hydroxylation sites is 2. The van der Waals surface area contributed by atoms with Crippen LogP contribution in [0.25, 0.3) is 0 Å². The van der Waals surface area contributed by atoms with Gasteiger partial charge in [0.2, 0.25) is 5.78 Å². The van der Waals surface area contributed by atoms with E-state index < -0.39 is 6.10 Å². The van der Waals surface area contributed by atoms with Crippen LogP contribution in [-0.2, 0) is 16.0 Å².